The molecule has 1 aliphatic carbocycles. The third-order valence-corrected chi connectivity index (χ3v) is 8.93. The van der Waals surface area contributed by atoms with Crippen molar-refractivity contribution in [2.75, 3.05) is 25.5 Å². The van der Waals surface area contributed by atoms with Crippen LogP contribution in [0.2, 0.25) is 0 Å². The van der Waals surface area contributed by atoms with E-state index in [1.165, 1.54) is 13.0 Å². The van der Waals surface area contributed by atoms with Gasteiger partial charge in [0.2, 0.25) is 6.41 Å². The zero-order chi connectivity index (χ0) is 29.4. The Morgan fingerprint density at radius 1 is 1.24 bits per heavy atom. The number of H-pyrrole nitrogens is 1. The zero-order valence-electron chi connectivity index (χ0n) is 23.6. The number of fused-ring (bicyclic) bond motifs is 1. The highest BCUT2D eigenvalue weighted by Gasteiger charge is 2.39. The quantitative estimate of drug-likeness (QED) is 0.324. The van der Waals surface area contributed by atoms with Crippen molar-refractivity contribution in [3.8, 4) is 0 Å². The van der Waals surface area contributed by atoms with Gasteiger partial charge in [0.1, 0.15) is 5.60 Å². The second kappa shape index (κ2) is 11.4. The van der Waals surface area contributed by atoms with E-state index in [0.29, 0.717) is 65.9 Å². The maximum Gasteiger partial charge on any atom is 0.416 e. The molecule has 1 saturated heterocycles. The molecule has 1 atom stereocenters. The molecule has 2 fully saturated rings. The molecule has 2 aromatic heterocycles. The first-order valence-corrected chi connectivity index (χ1v) is 14.2. The fourth-order valence-electron chi connectivity index (χ4n) is 6.51. The van der Waals surface area contributed by atoms with Crippen molar-refractivity contribution < 1.29 is 22.7 Å². The Morgan fingerprint density at radius 2 is 1.95 bits per heavy atom. The lowest BCUT2D eigenvalue weighted by molar-refractivity contribution is -0.138. The van der Waals surface area contributed by atoms with Crippen LogP contribution in [-0.2, 0) is 21.3 Å². The van der Waals surface area contributed by atoms with Crippen LogP contribution in [-0.4, -0.2) is 46.7 Å². The van der Waals surface area contributed by atoms with Gasteiger partial charge in [-0.3, -0.25) is 14.6 Å². The van der Waals surface area contributed by atoms with Crippen molar-refractivity contribution in [2.45, 2.75) is 82.5 Å². The third kappa shape index (κ3) is 5.43. The fourth-order valence-corrected chi connectivity index (χ4v) is 6.51. The standard InChI is InChI=1S/C30H36F3N5O3/c1-4-23(20-10-7-11-22(18(20)2)30(31,32)33)34-27-21-16-24(29(41-3)12-14-38(17-39)15-13-29)35-26(19-8-5-6-9-19)25(21)28(40)37-36-27/h7,10-11,16-17,19,23H,4-6,8-9,12-15H2,1-3H3,(H,34,36)(H,37,40)/t23-/m1/s1. The highest BCUT2D eigenvalue weighted by molar-refractivity contribution is 5.93. The Kier molecular flexibility index (Phi) is 8.09. The topological polar surface area (TPSA) is 100 Å². The summed E-state index contributed by atoms with van der Waals surface area (Å²) in [6, 6.07) is 5.55. The largest absolute Gasteiger partial charge is 0.416 e. The number of nitrogens with one attached hydrogen (secondary N) is 2. The number of aromatic amines is 1. The van der Waals surface area contributed by atoms with Gasteiger partial charge in [-0.05, 0) is 62.3 Å². The summed E-state index contributed by atoms with van der Waals surface area (Å²) in [6.07, 6.45) is 1.87. The number of carbonyl (C=O) groups excluding carboxylic acids is 1. The number of piperidine rings is 1. The van der Waals surface area contributed by atoms with Crippen molar-refractivity contribution in [3.05, 3.63) is 62.7 Å². The van der Waals surface area contributed by atoms with E-state index in [2.05, 4.69) is 15.5 Å². The molecule has 8 nitrogen and oxygen atoms in total. The number of likely N-dealkylation sites (tertiary alicyclic amines) is 1. The lowest BCUT2D eigenvalue weighted by Crippen LogP contribution is -2.43. The van der Waals surface area contributed by atoms with E-state index in [0.717, 1.165) is 38.2 Å². The van der Waals surface area contributed by atoms with Crippen LogP contribution in [0, 0.1) is 6.92 Å². The van der Waals surface area contributed by atoms with Crippen molar-refractivity contribution in [2.24, 2.45) is 0 Å². The van der Waals surface area contributed by atoms with Crippen LogP contribution in [0.25, 0.3) is 10.8 Å². The minimum absolute atomic E-state index is 0.102. The number of ether oxygens (including phenoxy) is 1. The van der Waals surface area contributed by atoms with Crippen LogP contribution in [0.4, 0.5) is 19.0 Å². The Balaban J connectivity index is 1.66. The monoisotopic (exact) mass is 571 g/mol. The maximum absolute atomic E-state index is 13.7. The molecule has 0 unspecified atom stereocenters. The van der Waals surface area contributed by atoms with Crippen molar-refractivity contribution in [1.82, 2.24) is 20.1 Å². The SMILES string of the molecule is CC[C@@H](Nc1n[nH]c(=O)c2c(C3CCCC3)nc(C3(OC)CCN(C=O)CC3)cc12)c1cccc(C(F)(F)F)c1C. The molecule has 220 valence electrons. The minimum Gasteiger partial charge on any atom is -0.372 e. The first kappa shape index (κ1) is 29.0. The molecule has 0 bridgehead atoms. The molecule has 2 N–H and O–H groups in total. The number of rotatable bonds is 8. The summed E-state index contributed by atoms with van der Waals surface area (Å²) < 4.78 is 47.2. The average molecular weight is 572 g/mol. The van der Waals surface area contributed by atoms with Gasteiger partial charge in [-0.25, -0.2) is 5.10 Å². The summed E-state index contributed by atoms with van der Waals surface area (Å²) in [5, 5.41) is 11.3. The molecule has 1 saturated carbocycles. The van der Waals surface area contributed by atoms with Gasteiger partial charge in [0.15, 0.2) is 5.82 Å². The molecule has 0 spiro atoms. The summed E-state index contributed by atoms with van der Waals surface area (Å²) in [5.74, 6) is 0.480. The number of halogens is 3. The number of carbonyl (C=O) groups is 1. The van der Waals surface area contributed by atoms with Crippen LogP contribution >= 0.6 is 0 Å². The van der Waals surface area contributed by atoms with E-state index < -0.39 is 23.4 Å². The smallest absolute Gasteiger partial charge is 0.372 e. The molecule has 1 amide bonds. The van der Waals surface area contributed by atoms with Crippen LogP contribution < -0.4 is 10.9 Å². The maximum atomic E-state index is 13.7. The van der Waals surface area contributed by atoms with E-state index in [1.807, 2.05) is 13.0 Å². The van der Waals surface area contributed by atoms with E-state index in [-0.39, 0.29) is 17.0 Å². The van der Waals surface area contributed by atoms with Gasteiger partial charge in [0.25, 0.3) is 5.56 Å². The number of alkyl halides is 3. The van der Waals surface area contributed by atoms with Gasteiger partial charge in [0.05, 0.1) is 28.4 Å². The number of benzene rings is 1. The minimum atomic E-state index is -4.47. The first-order valence-electron chi connectivity index (χ1n) is 14.2. The van der Waals surface area contributed by atoms with Gasteiger partial charge in [-0.15, -0.1) is 0 Å². The molecular formula is C30H36F3N5O3. The van der Waals surface area contributed by atoms with E-state index >= 15 is 0 Å². The lowest BCUT2D eigenvalue weighted by atomic mass is 9.85. The van der Waals surface area contributed by atoms with E-state index in [9.17, 15) is 22.8 Å². The Bertz CT molecular complexity index is 1470. The van der Waals surface area contributed by atoms with Gasteiger partial charge in [-0.2, -0.15) is 18.3 Å². The molecule has 1 aromatic carbocycles. The second-order valence-electron chi connectivity index (χ2n) is 11.2. The number of nitrogens with zero attached hydrogens (tertiary/aromatic N) is 3. The van der Waals surface area contributed by atoms with Crippen LogP contribution in [0.5, 0.6) is 0 Å². The van der Waals surface area contributed by atoms with Crippen molar-refractivity contribution in [1.29, 1.82) is 0 Å². The normalized spacial score (nSPS) is 18.5. The number of hydrogen-bond acceptors (Lipinski definition) is 6. The number of aromatic nitrogens is 3. The molecule has 11 heteroatoms. The van der Waals surface area contributed by atoms with Gasteiger partial charge >= 0.3 is 6.18 Å². The van der Waals surface area contributed by atoms with E-state index in [4.69, 9.17) is 9.72 Å². The molecule has 0 radical (unpaired) electrons. The summed E-state index contributed by atoms with van der Waals surface area (Å²) in [5.41, 5.74) is 0.289. The molecule has 3 aromatic rings. The highest BCUT2D eigenvalue weighted by Crippen LogP contribution is 2.42. The molecule has 5 rings (SSSR count). The van der Waals surface area contributed by atoms with Gasteiger partial charge in [0, 0.05) is 31.5 Å². The Morgan fingerprint density at radius 3 is 2.56 bits per heavy atom. The predicted octanol–water partition coefficient (Wildman–Crippen LogP) is 5.96. The van der Waals surface area contributed by atoms with Crippen LogP contribution in [0.15, 0.2) is 29.1 Å². The van der Waals surface area contributed by atoms with Gasteiger partial charge in [-0.1, -0.05) is 31.9 Å². The fraction of sp³-hybridized carbons (Fsp3) is 0.533. The average Bonchev–Trinajstić information content (AvgIpc) is 3.51. The van der Waals surface area contributed by atoms with Crippen molar-refractivity contribution >= 4 is 23.0 Å². The number of anilines is 1. The molecule has 41 heavy (non-hydrogen) atoms. The van der Waals surface area contributed by atoms with Crippen molar-refractivity contribution in [3.63, 3.8) is 0 Å². The summed E-state index contributed by atoms with van der Waals surface area (Å²) >= 11 is 0. The second-order valence-corrected chi connectivity index (χ2v) is 11.2. The number of hydrogen-bond donors (Lipinski definition) is 2. The van der Waals surface area contributed by atoms with Gasteiger partial charge < -0.3 is 15.0 Å². The third-order valence-electron chi connectivity index (χ3n) is 8.93. The molecule has 2 aliphatic rings. The lowest BCUT2D eigenvalue weighted by Gasteiger charge is -2.39. The Labute approximate surface area is 236 Å². The highest BCUT2D eigenvalue weighted by atomic mass is 19.4. The predicted molar refractivity (Wildman–Crippen MR) is 150 cm³/mol. The summed E-state index contributed by atoms with van der Waals surface area (Å²) in [6.45, 7) is 4.40. The molecular weight excluding hydrogens is 535 g/mol. The van der Waals surface area contributed by atoms with Crippen LogP contribution in [0.1, 0.15) is 91.9 Å². The van der Waals surface area contributed by atoms with E-state index in [1.54, 1.807) is 18.1 Å². The number of pyridine rings is 1. The Hall–Kier alpha value is -3.47. The zero-order valence-corrected chi connectivity index (χ0v) is 23.6. The number of methoxy groups -OCH3 is 1. The first-order chi connectivity index (χ1) is 19.6. The molecule has 1 aliphatic heterocycles. The summed E-state index contributed by atoms with van der Waals surface area (Å²) in [4.78, 5) is 31.4. The van der Waals surface area contributed by atoms with Crippen LogP contribution in [0.3, 0.4) is 0 Å². The number of amides is 1. The molecule has 3 heterocycles. The summed E-state index contributed by atoms with van der Waals surface area (Å²) in [7, 11) is 1.64.